The molecule has 0 bridgehead atoms. The number of benzene rings is 1. The number of likely N-dealkylation sites (N-methyl/N-ethyl adjacent to an activating group) is 1. The number of nitrogens with zero attached hydrogens (tertiary/aromatic N) is 1. The number of rotatable bonds is 10. The second-order valence-corrected chi connectivity index (χ2v) is 6.21. The van der Waals surface area contributed by atoms with Crippen LogP contribution in [0.25, 0.3) is 0 Å². The highest BCUT2D eigenvalue weighted by Gasteiger charge is 2.11. The largest absolute Gasteiger partial charge is 0.319 e. The second-order valence-electron chi connectivity index (χ2n) is 6.21. The molecule has 0 aliphatic carbocycles. The van der Waals surface area contributed by atoms with E-state index in [2.05, 4.69) is 62.2 Å². The van der Waals surface area contributed by atoms with Crippen LogP contribution in [0.2, 0.25) is 0 Å². The first-order valence-corrected chi connectivity index (χ1v) is 8.60. The summed E-state index contributed by atoms with van der Waals surface area (Å²) in [7, 11) is 2.02. The van der Waals surface area contributed by atoms with E-state index < -0.39 is 0 Å². The first kappa shape index (κ1) is 18.2. The van der Waals surface area contributed by atoms with Crippen LogP contribution < -0.4 is 5.32 Å². The minimum Gasteiger partial charge on any atom is -0.319 e. The van der Waals surface area contributed by atoms with Crippen molar-refractivity contribution in [2.45, 2.75) is 53.0 Å². The predicted molar refractivity (Wildman–Crippen MR) is 93.8 cm³/mol. The summed E-state index contributed by atoms with van der Waals surface area (Å²) in [5, 5.41) is 3.25. The van der Waals surface area contributed by atoms with Gasteiger partial charge in [0.15, 0.2) is 0 Å². The van der Waals surface area contributed by atoms with Crippen LogP contribution in [-0.4, -0.2) is 31.6 Å². The summed E-state index contributed by atoms with van der Waals surface area (Å²) in [6, 6.07) is 9.19. The van der Waals surface area contributed by atoms with E-state index in [1.54, 1.807) is 0 Å². The quantitative estimate of drug-likeness (QED) is 0.692. The van der Waals surface area contributed by atoms with Crippen molar-refractivity contribution < 1.29 is 0 Å². The lowest BCUT2D eigenvalue weighted by Gasteiger charge is -2.25. The van der Waals surface area contributed by atoms with Crippen molar-refractivity contribution in [1.82, 2.24) is 10.2 Å². The number of hydrogen-bond acceptors (Lipinski definition) is 2. The molecule has 0 aliphatic rings. The van der Waals surface area contributed by atoms with E-state index in [4.69, 9.17) is 0 Å². The average Bonchev–Trinajstić information content (AvgIpc) is 2.52. The van der Waals surface area contributed by atoms with E-state index >= 15 is 0 Å². The van der Waals surface area contributed by atoms with Gasteiger partial charge in [-0.05, 0) is 36.6 Å². The smallest absolute Gasteiger partial charge is 0.0233 e. The fraction of sp³-hybridized carbons (Fsp3) is 0.684. The maximum atomic E-state index is 3.25. The molecule has 0 amide bonds. The fourth-order valence-corrected chi connectivity index (χ4v) is 2.85. The van der Waals surface area contributed by atoms with Crippen molar-refractivity contribution in [3.63, 3.8) is 0 Å². The predicted octanol–water partition coefficient (Wildman–Crippen LogP) is 4.27. The first-order chi connectivity index (χ1) is 10.1. The molecular formula is C19H34N2. The normalized spacial score (nSPS) is 13.1. The summed E-state index contributed by atoms with van der Waals surface area (Å²) in [6.07, 6.45) is 2.57. The molecule has 0 saturated carbocycles. The Kier molecular flexibility index (Phi) is 8.63. The SMILES string of the molecule is CCC(CC)CN(CC)Cc1ccc(C(C)CNC)cc1. The molecule has 2 nitrogen and oxygen atoms in total. The van der Waals surface area contributed by atoms with Crippen LogP contribution in [0, 0.1) is 5.92 Å². The molecule has 120 valence electrons. The Morgan fingerprint density at radius 2 is 1.67 bits per heavy atom. The molecule has 1 unspecified atom stereocenters. The Hall–Kier alpha value is -0.860. The Morgan fingerprint density at radius 3 is 2.14 bits per heavy atom. The monoisotopic (exact) mass is 290 g/mol. The Labute approximate surface area is 131 Å². The molecule has 1 atom stereocenters. The third kappa shape index (κ3) is 6.19. The van der Waals surface area contributed by atoms with E-state index in [9.17, 15) is 0 Å². The highest BCUT2D eigenvalue weighted by atomic mass is 15.1. The Bertz CT molecular complexity index is 368. The minimum atomic E-state index is 0.580. The average molecular weight is 290 g/mol. The van der Waals surface area contributed by atoms with Gasteiger partial charge in [-0.2, -0.15) is 0 Å². The Balaban J connectivity index is 2.60. The summed E-state index contributed by atoms with van der Waals surface area (Å²) < 4.78 is 0. The van der Waals surface area contributed by atoms with E-state index in [0.717, 1.165) is 25.6 Å². The molecule has 0 spiro atoms. The van der Waals surface area contributed by atoms with Crippen LogP contribution in [0.15, 0.2) is 24.3 Å². The Morgan fingerprint density at radius 1 is 1.05 bits per heavy atom. The molecule has 0 fully saturated rings. The molecule has 21 heavy (non-hydrogen) atoms. The maximum absolute atomic E-state index is 3.25. The highest BCUT2D eigenvalue weighted by molar-refractivity contribution is 5.25. The summed E-state index contributed by atoms with van der Waals surface area (Å²) in [5.74, 6) is 1.41. The third-order valence-corrected chi connectivity index (χ3v) is 4.58. The van der Waals surface area contributed by atoms with E-state index in [-0.39, 0.29) is 0 Å². The first-order valence-electron chi connectivity index (χ1n) is 8.60. The minimum absolute atomic E-state index is 0.580. The molecule has 0 saturated heterocycles. The van der Waals surface area contributed by atoms with Gasteiger partial charge >= 0.3 is 0 Å². The van der Waals surface area contributed by atoms with Crippen LogP contribution in [0.1, 0.15) is 57.6 Å². The zero-order chi connectivity index (χ0) is 15.7. The molecule has 1 aromatic rings. The summed E-state index contributed by atoms with van der Waals surface area (Å²) in [4.78, 5) is 2.57. The molecule has 1 N–H and O–H groups in total. The van der Waals surface area contributed by atoms with Gasteiger partial charge in [0.05, 0.1) is 0 Å². The van der Waals surface area contributed by atoms with Crippen molar-refractivity contribution in [2.24, 2.45) is 5.92 Å². The number of nitrogens with one attached hydrogen (secondary N) is 1. The van der Waals surface area contributed by atoms with Gasteiger partial charge in [0.2, 0.25) is 0 Å². The number of hydrogen-bond donors (Lipinski definition) is 1. The molecule has 1 aromatic carbocycles. The van der Waals surface area contributed by atoms with E-state index in [1.165, 1.54) is 30.5 Å². The van der Waals surface area contributed by atoms with Gasteiger partial charge in [-0.15, -0.1) is 0 Å². The van der Waals surface area contributed by atoms with Crippen molar-refractivity contribution in [1.29, 1.82) is 0 Å². The third-order valence-electron chi connectivity index (χ3n) is 4.58. The highest BCUT2D eigenvalue weighted by Crippen LogP contribution is 2.17. The standard InChI is InChI=1S/C19H34N2/c1-6-17(7-2)14-21(8-3)15-18-9-11-19(12-10-18)16(4)13-20-5/h9-12,16-17,20H,6-8,13-15H2,1-5H3. The van der Waals surface area contributed by atoms with Gasteiger partial charge < -0.3 is 5.32 Å². The molecule has 0 aliphatic heterocycles. The van der Waals surface area contributed by atoms with Crippen molar-refractivity contribution in [3.8, 4) is 0 Å². The summed E-state index contributed by atoms with van der Waals surface area (Å²) >= 11 is 0. The summed E-state index contributed by atoms with van der Waals surface area (Å²) in [6.45, 7) is 13.6. The van der Waals surface area contributed by atoms with Crippen molar-refractivity contribution in [2.75, 3.05) is 26.7 Å². The van der Waals surface area contributed by atoms with Crippen LogP contribution in [0.3, 0.4) is 0 Å². The van der Waals surface area contributed by atoms with Crippen LogP contribution in [-0.2, 0) is 6.54 Å². The van der Waals surface area contributed by atoms with Gasteiger partial charge in [-0.25, -0.2) is 0 Å². The lowest BCUT2D eigenvalue weighted by atomic mass is 9.99. The van der Waals surface area contributed by atoms with Crippen molar-refractivity contribution in [3.05, 3.63) is 35.4 Å². The van der Waals surface area contributed by atoms with E-state index in [1.807, 2.05) is 7.05 Å². The maximum Gasteiger partial charge on any atom is 0.0233 e. The van der Waals surface area contributed by atoms with Crippen molar-refractivity contribution >= 4 is 0 Å². The molecule has 2 heteroatoms. The van der Waals surface area contributed by atoms with E-state index in [0.29, 0.717) is 5.92 Å². The van der Waals surface area contributed by atoms with Gasteiger partial charge in [0.25, 0.3) is 0 Å². The van der Waals surface area contributed by atoms with Gasteiger partial charge in [-0.1, -0.05) is 64.8 Å². The molecule has 0 radical (unpaired) electrons. The zero-order valence-electron chi connectivity index (χ0n) is 14.7. The zero-order valence-corrected chi connectivity index (χ0v) is 14.7. The molecule has 0 aromatic heterocycles. The fourth-order valence-electron chi connectivity index (χ4n) is 2.85. The van der Waals surface area contributed by atoms with Crippen LogP contribution in [0.5, 0.6) is 0 Å². The van der Waals surface area contributed by atoms with Crippen LogP contribution >= 0.6 is 0 Å². The molecule has 0 heterocycles. The van der Waals surface area contributed by atoms with Gasteiger partial charge in [-0.3, -0.25) is 4.90 Å². The van der Waals surface area contributed by atoms with Gasteiger partial charge in [0.1, 0.15) is 0 Å². The van der Waals surface area contributed by atoms with Gasteiger partial charge in [0, 0.05) is 19.6 Å². The lowest BCUT2D eigenvalue weighted by Crippen LogP contribution is -2.28. The summed E-state index contributed by atoms with van der Waals surface area (Å²) in [5.41, 5.74) is 2.86. The lowest BCUT2D eigenvalue weighted by molar-refractivity contribution is 0.226. The van der Waals surface area contributed by atoms with Crippen LogP contribution in [0.4, 0.5) is 0 Å². The second kappa shape index (κ2) is 9.97. The molecular weight excluding hydrogens is 256 g/mol. The topological polar surface area (TPSA) is 15.3 Å². The molecule has 1 rings (SSSR count).